The van der Waals surface area contributed by atoms with Gasteiger partial charge in [-0.2, -0.15) is 0 Å². The van der Waals surface area contributed by atoms with Gasteiger partial charge in [0.05, 0.1) is 11.1 Å². The van der Waals surface area contributed by atoms with Crippen LogP contribution in [-0.4, -0.2) is 34.7 Å². The number of aromatic nitrogens is 1. The highest BCUT2D eigenvalue weighted by Gasteiger charge is 2.31. The van der Waals surface area contributed by atoms with Gasteiger partial charge in [-0.3, -0.25) is 9.78 Å². The van der Waals surface area contributed by atoms with E-state index < -0.39 is 17.2 Å². The van der Waals surface area contributed by atoms with Crippen LogP contribution < -0.4 is 10.6 Å². The lowest BCUT2D eigenvalue weighted by molar-refractivity contribution is 0.0497. The van der Waals surface area contributed by atoms with Crippen LogP contribution in [0.2, 0.25) is 0 Å². The summed E-state index contributed by atoms with van der Waals surface area (Å²) < 4.78 is 5.24. The van der Waals surface area contributed by atoms with Crippen molar-refractivity contribution in [1.29, 1.82) is 0 Å². The minimum absolute atomic E-state index is 0.106. The second-order valence-electron chi connectivity index (χ2n) is 7.57. The molecule has 0 radical (unpaired) electrons. The maximum absolute atomic E-state index is 12.5. The second-order valence-corrected chi connectivity index (χ2v) is 7.57. The van der Waals surface area contributed by atoms with Crippen molar-refractivity contribution >= 4 is 12.0 Å². The fraction of sp³-hybridized carbons (Fsp3) is 0.611. The molecule has 134 valence electrons. The number of hydrogen-bond donors (Lipinski definition) is 2. The Hall–Kier alpha value is -2.11. The van der Waals surface area contributed by atoms with Crippen molar-refractivity contribution in [3.63, 3.8) is 0 Å². The van der Waals surface area contributed by atoms with E-state index in [0.717, 1.165) is 5.69 Å². The highest BCUT2D eigenvalue weighted by atomic mass is 16.6. The molecule has 1 aromatic heterocycles. The van der Waals surface area contributed by atoms with Gasteiger partial charge in [-0.1, -0.05) is 13.8 Å². The van der Waals surface area contributed by atoms with Gasteiger partial charge in [-0.25, -0.2) is 4.79 Å². The molecule has 0 spiro atoms. The van der Waals surface area contributed by atoms with Gasteiger partial charge in [0.15, 0.2) is 0 Å². The largest absolute Gasteiger partial charge is 0.444 e. The number of pyridine rings is 1. The lowest BCUT2D eigenvalue weighted by Crippen LogP contribution is -2.57. The summed E-state index contributed by atoms with van der Waals surface area (Å²) in [4.78, 5) is 28.5. The Morgan fingerprint density at radius 1 is 1.21 bits per heavy atom. The van der Waals surface area contributed by atoms with Crippen LogP contribution in [0.25, 0.3) is 0 Å². The zero-order chi connectivity index (χ0) is 18.5. The highest BCUT2D eigenvalue weighted by molar-refractivity contribution is 5.94. The van der Waals surface area contributed by atoms with Gasteiger partial charge in [0, 0.05) is 18.4 Å². The summed E-state index contributed by atoms with van der Waals surface area (Å²) in [5, 5.41) is 5.73. The molecule has 0 saturated heterocycles. The normalized spacial score (nSPS) is 14.0. The third kappa shape index (κ3) is 6.18. The van der Waals surface area contributed by atoms with Gasteiger partial charge in [0.1, 0.15) is 5.60 Å². The molecule has 2 N–H and O–H groups in total. The molecule has 1 unspecified atom stereocenters. The van der Waals surface area contributed by atoms with E-state index in [1.165, 1.54) is 0 Å². The van der Waals surface area contributed by atoms with Crippen LogP contribution in [0.5, 0.6) is 0 Å². The zero-order valence-corrected chi connectivity index (χ0v) is 15.7. The van der Waals surface area contributed by atoms with Gasteiger partial charge in [-0.05, 0) is 52.7 Å². The first-order valence-corrected chi connectivity index (χ1v) is 8.15. The van der Waals surface area contributed by atoms with Crippen LogP contribution in [0.15, 0.2) is 18.3 Å². The fourth-order valence-corrected chi connectivity index (χ4v) is 1.90. The molecule has 0 bridgehead atoms. The van der Waals surface area contributed by atoms with Gasteiger partial charge in [-0.15, -0.1) is 0 Å². The van der Waals surface area contributed by atoms with E-state index in [9.17, 15) is 9.59 Å². The standard InChI is InChI=1S/C18H29N3O3/c1-12(2)18(7,11-20-16(23)24-17(4,5)6)21-15(22)14-9-8-13(3)19-10-14/h8-10,12H,11H2,1-7H3,(H,20,23)(H,21,22). The van der Waals surface area contributed by atoms with Crippen LogP contribution >= 0.6 is 0 Å². The minimum atomic E-state index is -0.612. The topological polar surface area (TPSA) is 80.3 Å². The van der Waals surface area contributed by atoms with Crippen molar-refractivity contribution in [1.82, 2.24) is 15.6 Å². The Morgan fingerprint density at radius 3 is 2.29 bits per heavy atom. The quantitative estimate of drug-likeness (QED) is 0.866. The van der Waals surface area contributed by atoms with Crippen molar-refractivity contribution < 1.29 is 14.3 Å². The molecule has 2 amide bonds. The molecule has 0 aliphatic carbocycles. The van der Waals surface area contributed by atoms with Gasteiger partial charge >= 0.3 is 6.09 Å². The number of alkyl carbamates (subject to hydrolysis) is 1. The van der Waals surface area contributed by atoms with Crippen molar-refractivity contribution in [2.24, 2.45) is 5.92 Å². The maximum Gasteiger partial charge on any atom is 0.407 e. The molecule has 6 heteroatoms. The molecule has 1 aromatic rings. The number of hydrogen-bond acceptors (Lipinski definition) is 4. The van der Waals surface area contributed by atoms with Crippen LogP contribution in [-0.2, 0) is 4.74 Å². The number of nitrogens with zero attached hydrogens (tertiary/aromatic N) is 1. The third-order valence-corrected chi connectivity index (χ3v) is 3.85. The first-order chi connectivity index (χ1) is 10.9. The summed E-state index contributed by atoms with van der Waals surface area (Å²) in [5.41, 5.74) is 0.170. The molecular weight excluding hydrogens is 306 g/mol. The number of carbonyl (C=O) groups is 2. The molecule has 6 nitrogen and oxygen atoms in total. The van der Waals surface area contributed by atoms with Crippen LogP contribution in [0.4, 0.5) is 4.79 Å². The van der Waals surface area contributed by atoms with E-state index in [-0.39, 0.29) is 18.4 Å². The van der Waals surface area contributed by atoms with Crippen LogP contribution in [0.3, 0.4) is 0 Å². The summed E-state index contributed by atoms with van der Waals surface area (Å²) in [6, 6.07) is 3.53. The first-order valence-electron chi connectivity index (χ1n) is 8.15. The number of amides is 2. The maximum atomic E-state index is 12.5. The van der Waals surface area contributed by atoms with E-state index in [0.29, 0.717) is 5.56 Å². The van der Waals surface area contributed by atoms with Crippen LogP contribution in [0, 0.1) is 12.8 Å². The van der Waals surface area contributed by atoms with Crippen molar-refractivity contribution in [2.45, 2.75) is 59.6 Å². The average Bonchev–Trinajstić information content (AvgIpc) is 2.44. The van der Waals surface area contributed by atoms with Crippen LogP contribution in [0.1, 0.15) is 57.6 Å². The predicted molar refractivity (Wildman–Crippen MR) is 93.9 cm³/mol. The summed E-state index contributed by atoms with van der Waals surface area (Å²) in [6.45, 7) is 13.4. The Balaban J connectivity index is 2.75. The second kappa shape index (κ2) is 7.64. The SMILES string of the molecule is Cc1ccc(C(=O)NC(C)(CNC(=O)OC(C)(C)C)C(C)C)cn1. The summed E-state index contributed by atoms with van der Waals surface area (Å²) >= 11 is 0. The van der Waals surface area contributed by atoms with Gasteiger partial charge in [0.2, 0.25) is 0 Å². The van der Waals surface area contributed by atoms with E-state index in [2.05, 4.69) is 15.6 Å². The smallest absolute Gasteiger partial charge is 0.407 e. The van der Waals surface area contributed by atoms with E-state index in [1.54, 1.807) is 39.1 Å². The zero-order valence-electron chi connectivity index (χ0n) is 15.7. The third-order valence-electron chi connectivity index (χ3n) is 3.85. The van der Waals surface area contributed by atoms with Gasteiger partial charge < -0.3 is 15.4 Å². The lowest BCUT2D eigenvalue weighted by atomic mass is 9.88. The molecular formula is C18H29N3O3. The van der Waals surface area contributed by atoms with Crippen molar-refractivity contribution in [3.05, 3.63) is 29.6 Å². The molecule has 1 atom stereocenters. The molecule has 0 aliphatic heterocycles. The predicted octanol–water partition coefficient (Wildman–Crippen LogP) is 3.06. The van der Waals surface area contributed by atoms with Crippen molar-refractivity contribution in [3.8, 4) is 0 Å². The number of aryl methyl sites for hydroxylation is 1. The molecule has 0 fully saturated rings. The van der Waals surface area contributed by atoms with Gasteiger partial charge in [0.25, 0.3) is 5.91 Å². The monoisotopic (exact) mass is 335 g/mol. The van der Waals surface area contributed by atoms with E-state index >= 15 is 0 Å². The molecule has 0 aromatic carbocycles. The molecule has 0 saturated carbocycles. The Kier molecular flexibility index (Phi) is 6.35. The Bertz CT molecular complexity index is 576. The lowest BCUT2D eigenvalue weighted by Gasteiger charge is -2.35. The first kappa shape index (κ1) is 19.9. The average molecular weight is 335 g/mol. The summed E-state index contributed by atoms with van der Waals surface area (Å²) in [7, 11) is 0. The number of ether oxygens (including phenoxy) is 1. The van der Waals surface area contributed by atoms with E-state index in [1.807, 2.05) is 27.7 Å². The minimum Gasteiger partial charge on any atom is -0.444 e. The van der Waals surface area contributed by atoms with E-state index in [4.69, 9.17) is 4.74 Å². The Labute approximate surface area is 144 Å². The summed E-state index contributed by atoms with van der Waals surface area (Å²) in [6.07, 6.45) is 1.05. The molecule has 1 rings (SSSR count). The Morgan fingerprint density at radius 2 is 1.83 bits per heavy atom. The highest BCUT2D eigenvalue weighted by Crippen LogP contribution is 2.17. The number of nitrogens with one attached hydrogen (secondary N) is 2. The van der Waals surface area contributed by atoms with Crippen molar-refractivity contribution in [2.75, 3.05) is 6.54 Å². The summed E-state index contributed by atoms with van der Waals surface area (Å²) in [5.74, 6) is -0.112. The number of carbonyl (C=O) groups excluding carboxylic acids is 2. The fourth-order valence-electron chi connectivity index (χ4n) is 1.90. The molecule has 1 heterocycles. The molecule has 24 heavy (non-hydrogen) atoms. The number of rotatable bonds is 5. The molecule has 0 aliphatic rings.